The smallest absolute Gasteiger partial charge is 0.139 e. The van der Waals surface area contributed by atoms with Crippen molar-refractivity contribution in [2.75, 3.05) is 12.8 Å². The lowest BCUT2D eigenvalue weighted by atomic mass is 10.0. The summed E-state index contributed by atoms with van der Waals surface area (Å²) < 4.78 is 26.6. The van der Waals surface area contributed by atoms with Crippen molar-refractivity contribution >= 4 is 11.8 Å². The number of nitrogens with one attached hydrogen (secondary N) is 1. The van der Waals surface area contributed by atoms with E-state index in [1.54, 1.807) is 0 Å². The Morgan fingerprint density at radius 2 is 1.86 bits per heavy atom. The van der Waals surface area contributed by atoms with Crippen LogP contribution in [0.1, 0.15) is 22.7 Å². The molecule has 0 spiro atoms. The molecule has 112 valence electrons. The van der Waals surface area contributed by atoms with Gasteiger partial charge in [-0.25, -0.2) is 8.78 Å². The van der Waals surface area contributed by atoms with Gasteiger partial charge in [0.15, 0.2) is 0 Å². The standard InChI is InChI=1S/C17H19F2NS/c1-11-4-5-12(2)14(8-11)16(20-3)10-21-17-7-6-13(18)9-15(17)19/h4-9,16,20H,10H2,1-3H3. The molecule has 1 unspecified atom stereocenters. The van der Waals surface area contributed by atoms with Crippen LogP contribution in [0, 0.1) is 25.5 Å². The van der Waals surface area contributed by atoms with Gasteiger partial charge in [-0.05, 0) is 44.2 Å². The Bertz CT molecular complexity index is 628. The molecular formula is C17H19F2NS. The average Bonchev–Trinajstić information content (AvgIpc) is 2.45. The summed E-state index contributed by atoms with van der Waals surface area (Å²) in [5.74, 6) is -0.365. The van der Waals surface area contributed by atoms with Gasteiger partial charge in [0.2, 0.25) is 0 Å². The van der Waals surface area contributed by atoms with Gasteiger partial charge < -0.3 is 5.32 Å². The summed E-state index contributed by atoms with van der Waals surface area (Å²) in [6.07, 6.45) is 0. The van der Waals surface area contributed by atoms with Crippen LogP contribution in [0.2, 0.25) is 0 Å². The second-order valence-corrected chi connectivity index (χ2v) is 6.15. The third-order valence-corrected chi connectivity index (χ3v) is 4.60. The van der Waals surface area contributed by atoms with Gasteiger partial charge in [0, 0.05) is 22.8 Å². The van der Waals surface area contributed by atoms with Gasteiger partial charge in [0.25, 0.3) is 0 Å². The lowest BCUT2D eigenvalue weighted by Gasteiger charge is -2.19. The van der Waals surface area contributed by atoms with Crippen molar-refractivity contribution in [3.63, 3.8) is 0 Å². The summed E-state index contributed by atoms with van der Waals surface area (Å²) in [5.41, 5.74) is 3.63. The zero-order valence-corrected chi connectivity index (χ0v) is 13.2. The predicted molar refractivity (Wildman–Crippen MR) is 84.8 cm³/mol. The largest absolute Gasteiger partial charge is 0.312 e. The Labute approximate surface area is 128 Å². The molecule has 0 bridgehead atoms. The first-order valence-electron chi connectivity index (χ1n) is 6.83. The van der Waals surface area contributed by atoms with E-state index < -0.39 is 11.6 Å². The number of aryl methyl sites for hydroxylation is 2. The Kier molecular flexibility index (Phi) is 5.37. The Balaban J connectivity index is 2.14. The van der Waals surface area contributed by atoms with E-state index in [1.165, 1.54) is 40.6 Å². The van der Waals surface area contributed by atoms with Crippen LogP contribution in [0.15, 0.2) is 41.3 Å². The van der Waals surface area contributed by atoms with Crippen LogP contribution in [0.25, 0.3) is 0 Å². The zero-order valence-electron chi connectivity index (χ0n) is 12.4. The molecule has 4 heteroatoms. The van der Waals surface area contributed by atoms with Crippen LogP contribution in [0.4, 0.5) is 8.78 Å². The Hall–Kier alpha value is -1.39. The number of thioether (sulfide) groups is 1. The third-order valence-electron chi connectivity index (χ3n) is 3.46. The molecule has 21 heavy (non-hydrogen) atoms. The van der Waals surface area contributed by atoms with Crippen molar-refractivity contribution in [3.8, 4) is 0 Å². The second-order valence-electron chi connectivity index (χ2n) is 5.09. The monoisotopic (exact) mass is 307 g/mol. The summed E-state index contributed by atoms with van der Waals surface area (Å²) in [6, 6.07) is 10.2. The van der Waals surface area contributed by atoms with Crippen LogP contribution in [-0.2, 0) is 0 Å². The number of benzene rings is 2. The molecule has 0 aromatic heterocycles. The van der Waals surface area contributed by atoms with Gasteiger partial charge in [0.1, 0.15) is 11.6 Å². The highest BCUT2D eigenvalue weighted by Crippen LogP contribution is 2.28. The number of halogens is 2. The molecule has 2 rings (SSSR count). The van der Waals surface area contributed by atoms with Gasteiger partial charge in [-0.1, -0.05) is 23.8 Å². The first kappa shape index (κ1) is 16.0. The van der Waals surface area contributed by atoms with Crippen molar-refractivity contribution < 1.29 is 8.78 Å². The molecule has 2 aromatic carbocycles. The van der Waals surface area contributed by atoms with Crippen molar-refractivity contribution in [1.82, 2.24) is 5.32 Å². The van der Waals surface area contributed by atoms with Crippen molar-refractivity contribution in [2.45, 2.75) is 24.8 Å². The maximum absolute atomic E-state index is 13.7. The zero-order chi connectivity index (χ0) is 15.4. The molecule has 0 aliphatic carbocycles. The van der Waals surface area contributed by atoms with E-state index in [9.17, 15) is 8.78 Å². The SMILES string of the molecule is CNC(CSc1ccc(F)cc1F)c1cc(C)ccc1C. The van der Waals surface area contributed by atoms with E-state index in [0.29, 0.717) is 10.6 Å². The fourth-order valence-corrected chi connectivity index (χ4v) is 3.28. The minimum atomic E-state index is -0.545. The maximum Gasteiger partial charge on any atom is 0.139 e. The average molecular weight is 307 g/mol. The molecular weight excluding hydrogens is 288 g/mol. The fraction of sp³-hybridized carbons (Fsp3) is 0.294. The summed E-state index contributed by atoms with van der Waals surface area (Å²) in [4.78, 5) is 0.474. The number of hydrogen-bond acceptors (Lipinski definition) is 2. The summed E-state index contributed by atoms with van der Waals surface area (Å²) in [6.45, 7) is 4.13. The van der Waals surface area contributed by atoms with E-state index in [1.807, 2.05) is 7.05 Å². The number of hydrogen-bond donors (Lipinski definition) is 1. The normalized spacial score (nSPS) is 12.4. The van der Waals surface area contributed by atoms with Gasteiger partial charge in [0.05, 0.1) is 0 Å². The molecule has 0 heterocycles. The quantitative estimate of drug-likeness (QED) is 0.808. The molecule has 0 fully saturated rings. The molecule has 1 atom stereocenters. The summed E-state index contributed by atoms with van der Waals surface area (Å²) in [7, 11) is 1.90. The topological polar surface area (TPSA) is 12.0 Å². The summed E-state index contributed by atoms with van der Waals surface area (Å²) in [5, 5.41) is 3.27. The Morgan fingerprint density at radius 3 is 2.52 bits per heavy atom. The van der Waals surface area contributed by atoms with Crippen molar-refractivity contribution in [3.05, 3.63) is 64.7 Å². The highest BCUT2D eigenvalue weighted by atomic mass is 32.2. The predicted octanol–water partition coefficient (Wildman–Crippen LogP) is 4.63. The maximum atomic E-state index is 13.7. The molecule has 0 aliphatic heterocycles. The molecule has 0 radical (unpaired) electrons. The van der Waals surface area contributed by atoms with Gasteiger partial charge in [-0.15, -0.1) is 11.8 Å². The molecule has 1 nitrogen and oxygen atoms in total. The van der Waals surface area contributed by atoms with Gasteiger partial charge >= 0.3 is 0 Å². The van der Waals surface area contributed by atoms with Crippen molar-refractivity contribution in [1.29, 1.82) is 0 Å². The molecule has 1 N–H and O–H groups in total. The van der Waals surface area contributed by atoms with E-state index in [4.69, 9.17) is 0 Å². The fourth-order valence-electron chi connectivity index (χ4n) is 2.23. The van der Waals surface area contributed by atoms with E-state index in [-0.39, 0.29) is 6.04 Å². The highest BCUT2D eigenvalue weighted by Gasteiger charge is 2.14. The van der Waals surface area contributed by atoms with Crippen LogP contribution in [0.3, 0.4) is 0 Å². The lowest BCUT2D eigenvalue weighted by molar-refractivity contribution is 0.565. The van der Waals surface area contributed by atoms with Crippen LogP contribution >= 0.6 is 11.8 Å². The third kappa shape index (κ3) is 4.05. The minimum absolute atomic E-state index is 0.124. The van der Waals surface area contributed by atoms with E-state index in [0.717, 1.165) is 6.07 Å². The first-order valence-corrected chi connectivity index (χ1v) is 7.82. The molecule has 0 amide bonds. The number of rotatable bonds is 5. The molecule has 0 saturated carbocycles. The van der Waals surface area contributed by atoms with Crippen LogP contribution in [-0.4, -0.2) is 12.8 Å². The van der Waals surface area contributed by atoms with Crippen molar-refractivity contribution in [2.24, 2.45) is 0 Å². The highest BCUT2D eigenvalue weighted by molar-refractivity contribution is 7.99. The van der Waals surface area contributed by atoms with Gasteiger partial charge in [-0.2, -0.15) is 0 Å². The van der Waals surface area contributed by atoms with E-state index in [2.05, 4.69) is 37.4 Å². The second kappa shape index (κ2) is 7.05. The lowest BCUT2D eigenvalue weighted by Crippen LogP contribution is -2.20. The van der Waals surface area contributed by atoms with Crippen LogP contribution < -0.4 is 5.32 Å². The van der Waals surface area contributed by atoms with E-state index >= 15 is 0 Å². The molecule has 0 aliphatic rings. The first-order chi connectivity index (χ1) is 10.0. The molecule has 2 aromatic rings. The van der Waals surface area contributed by atoms with Gasteiger partial charge in [-0.3, -0.25) is 0 Å². The summed E-state index contributed by atoms with van der Waals surface area (Å²) >= 11 is 1.39. The molecule has 0 saturated heterocycles. The Morgan fingerprint density at radius 1 is 1.10 bits per heavy atom. The van der Waals surface area contributed by atoms with Crippen LogP contribution in [0.5, 0.6) is 0 Å². The minimum Gasteiger partial charge on any atom is -0.312 e.